The highest BCUT2D eigenvalue weighted by molar-refractivity contribution is 9.10. The molecule has 3 rings (SSSR count). The van der Waals surface area contributed by atoms with E-state index in [0.29, 0.717) is 22.8 Å². The van der Waals surface area contributed by atoms with E-state index in [0.717, 1.165) is 10.0 Å². The number of thiazole rings is 1. The zero-order valence-corrected chi connectivity index (χ0v) is 15.4. The van der Waals surface area contributed by atoms with E-state index in [2.05, 4.69) is 31.5 Å². The minimum absolute atomic E-state index is 0.109. The van der Waals surface area contributed by atoms with Gasteiger partial charge >= 0.3 is 0 Å². The van der Waals surface area contributed by atoms with Crippen molar-refractivity contribution in [1.82, 2.24) is 4.98 Å². The predicted octanol–water partition coefficient (Wildman–Crippen LogP) is 4.34. The maximum Gasteiger partial charge on any atom is 0.257 e. The number of rotatable bonds is 5. The van der Waals surface area contributed by atoms with Crippen LogP contribution >= 0.6 is 27.3 Å². The van der Waals surface area contributed by atoms with Gasteiger partial charge in [-0.1, -0.05) is 28.1 Å². The molecule has 0 aliphatic rings. The van der Waals surface area contributed by atoms with Crippen LogP contribution in [0.1, 0.15) is 15.9 Å². The molecule has 0 spiro atoms. The average Bonchev–Trinajstić information content (AvgIpc) is 3.10. The fourth-order valence-electron chi connectivity index (χ4n) is 2.15. The van der Waals surface area contributed by atoms with Gasteiger partial charge in [0, 0.05) is 27.3 Å². The van der Waals surface area contributed by atoms with Crippen molar-refractivity contribution in [3.63, 3.8) is 0 Å². The largest absolute Gasteiger partial charge is 0.326 e. The lowest BCUT2D eigenvalue weighted by molar-refractivity contribution is -0.115. The SMILES string of the molecule is O=C(Cc1ccc(Br)cc1)Nc1ccc(C(=O)Nc2nccs2)cc1. The minimum Gasteiger partial charge on any atom is -0.326 e. The van der Waals surface area contributed by atoms with Crippen LogP contribution in [0.25, 0.3) is 0 Å². The van der Waals surface area contributed by atoms with Crippen LogP contribution in [-0.4, -0.2) is 16.8 Å². The normalized spacial score (nSPS) is 10.3. The van der Waals surface area contributed by atoms with E-state index in [1.54, 1.807) is 35.8 Å². The third-order valence-electron chi connectivity index (χ3n) is 3.36. The Balaban J connectivity index is 1.57. The van der Waals surface area contributed by atoms with Gasteiger partial charge in [-0.2, -0.15) is 0 Å². The molecule has 0 fully saturated rings. The van der Waals surface area contributed by atoms with Gasteiger partial charge in [-0.3, -0.25) is 14.9 Å². The molecule has 126 valence electrons. The van der Waals surface area contributed by atoms with Crippen LogP contribution in [0, 0.1) is 0 Å². The Morgan fingerprint density at radius 3 is 2.36 bits per heavy atom. The number of amides is 2. The lowest BCUT2D eigenvalue weighted by Gasteiger charge is -2.07. The second-order valence-corrected chi connectivity index (χ2v) is 7.03. The number of hydrogen-bond donors (Lipinski definition) is 2. The molecule has 0 bridgehead atoms. The summed E-state index contributed by atoms with van der Waals surface area (Å²) in [5, 5.41) is 7.88. The van der Waals surface area contributed by atoms with Crippen molar-refractivity contribution >= 4 is 49.9 Å². The number of nitrogens with one attached hydrogen (secondary N) is 2. The fourth-order valence-corrected chi connectivity index (χ4v) is 2.94. The molecule has 0 radical (unpaired) electrons. The van der Waals surface area contributed by atoms with E-state index in [9.17, 15) is 9.59 Å². The van der Waals surface area contributed by atoms with E-state index in [4.69, 9.17) is 0 Å². The Morgan fingerprint density at radius 1 is 1.00 bits per heavy atom. The Morgan fingerprint density at radius 2 is 1.72 bits per heavy atom. The van der Waals surface area contributed by atoms with Crippen LogP contribution < -0.4 is 10.6 Å². The Bertz CT molecular complexity index is 862. The van der Waals surface area contributed by atoms with Gasteiger partial charge in [0.2, 0.25) is 5.91 Å². The first-order valence-electron chi connectivity index (χ1n) is 7.45. The monoisotopic (exact) mass is 415 g/mol. The molecule has 25 heavy (non-hydrogen) atoms. The first kappa shape index (κ1) is 17.3. The van der Waals surface area contributed by atoms with Crippen molar-refractivity contribution in [3.8, 4) is 0 Å². The number of aromatic nitrogens is 1. The summed E-state index contributed by atoms with van der Waals surface area (Å²) in [7, 11) is 0. The highest BCUT2D eigenvalue weighted by atomic mass is 79.9. The summed E-state index contributed by atoms with van der Waals surface area (Å²) in [4.78, 5) is 28.2. The summed E-state index contributed by atoms with van der Waals surface area (Å²) in [6.07, 6.45) is 1.92. The first-order valence-corrected chi connectivity index (χ1v) is 9.12. The van der Waals surface area contributed by atoms with Crippen LogP contribution in [-0.2, 0) is 11.2 Å². The standard InChI is InChI=1S/C18H14BrN3O2S/c19-14-5-1-12(2-6-14)11-16(23)21-15-7-3-13(4-8-15)17(24)22-18-20-9-10-25-18/h1-10H,11H2,(H,21,23)(H,20,22,24). The number of halogens is 1. The Kier molecular flexibility index (Phi) is 5.57. The zero-order chi connectivity index (χ0) is 17.6. The molecule has 1 aromatic heterocycles. The van der Waals surface area contributed by atoms with Gasteiger partial charge < -0.3 is 5.32 Å². The quantitative estimate of drug-likeness (QED) is 0.650. The maximum atomic E-state index is 12.1. The number of hydrogen-bond acceptors (Lipinski definition) is 4. The molecule has 0 unspecified atom stereocenters. The topological polar surface area (TPSA) is 71.1 Å². The summed E-state index contributed by atoms with van der Waals surface area (Å²) in [5.41, 5.74) is 2.08. The summed E-state index contributed by atoms with van der Waals surface area (Å²) < 4.78 is 0.975. The molecule has 0 saturated heterocycles. The van der Waals surface area contributed by atoms with Crippen LogP contribution in [0.2, 0.25) is 0 Å². The average molecular weight is 416 g/mol. The summed E-state index contributed by atoms with van der Waals surface area (Å²) >= 11 is 4.72. The van der Waals surface area contributed by atoms with Crippen molar-refractivity contribution in [1.29, 1.82) is 0 Å². The molecule has 1 heterocycles. The molecule has 2 N–H and O–H groups in total. The van der Waals surface area contributed by atoms with E-state index < -0.39 is 0 Å². The fraction of sp³-hybridized carbons (Fsp3) is 0.0556. The highest BCUT2D eigenvalue weighted by Crippen LogP contribution is 2.15. The lowest BCUT2D eigenvalue weighted by atomic mass is 10.1. The molecular formula is C18H14BrN3O2S. The van der Waals surface area contributed by atoms with Crippen molar-refractivity contribution in [2.75, 3.05) is 10.6 Å². The maximum absolute atomic E-state index is 12.1. The number of anilines is 2. The van der Waals surface area contributed by atoms with Gasteiger partial charge in [0.15, 0.2) is 5.13 Å². The summed E-state index contributed by atoms with van der Waals surface area (Å²) in [5.74, 6) is -0.343. The molecule has 2 amide bonds. The number of carbonyl (C=O) groups is 2. The van der Waals surface area contributed by atoms with Gasteiger partial charge in [0.1, 0.15) is 0 Å². The van der Waals surface area contributed by atoms with Crippen molar-refractivity contribution in [3.05, 3.63) is 75.7 Å². The number of benzene rings is 2. The summed E-state index contributed by atoms with van der Waals surface area (Å²) in [6, 6.07) is 14.3. The molecular weight excluding hydrogens is 402 g/mol. The number of nitrogens with zero attached hydrogens (tertiary/aromatic N) is 1. The van der Waals surface area contributed by atoms with Crippen LogP contribution in [0.5, 0.6) is 0 Å². The molecule has 0 aliphatic heterocycles. The number of carbonyl (C=O) groups excluding carboxylic acids is 2. The van der Waals surface area contributed by atoms with E-state index in [-0.39, 0.29) is 11.8 Å². The molecule has 0 saturated carbocycles. The van der Waals surface area contributed by atoms with E-state index in [1.807, 2.05) is 24.3 Å². The molecule has 5 nitrogen and oxygen atoms in total. The van der Waals surface area contributed by atoms with Gasteiger partial charge in [0.05, 0.1) is 6.42 Å². The smallest absolute Gasteiger partial charge is 0.257 e. The van der Waals surface area contributed by atoms with Crippen LogP contribution in [0.4, 0.5) is 10.8 Å². The zero-order valence-electron chi connectivity index (χ0n) is 13.0. The Labute approximate surface area is 157 Å². The summed E-state index contributed by atoms with van der Waals surface area (Å²) in [6.45, 7) is 0. The molecule has 2 aromatic carbocycles. The molecule has 3 aromatic rings. The third-order valence-corrected chi connectivity index (χ3v) is 4.58. The molecule has 0 aliphatic carbocycles. The van der Waals surface area contributed by atoms with Gasteiger partial charge in [-0.05, 0) is 42.0 Å². The van der Waals surface area contributed by atoms with E-state index >= 15 is 0 Å². The van der Waals surface area contributed by atoms with Crippen molar-refractivity contribution in [2.24, 2.45) is 0 Å². The van der Waals surface area contributed by atoms with Gasteiger partial charge in [0.25, 0.3) is 5.91 Å². The predicted molar refractivity (Wildman–Crippen MR) is 103 cm³/mol. The van der Waals surface area contributed by atoms with Crippen molar-refractivity contribution < 1.29 is 9.59 Å². The first-order chi connectivity index (χ1) is 12.1. The minimum atomic E-state index is -0.234. The van der Waals surface area contributed by atoms with Gasteiger partial charge in [-0.15, -0.1) is 11.3 Å². The van der Waals surface area contributed by atoms with Crippen LogP contribution in [0.15, 0.2) is 64.6 Å². The van der Waals surface area contributed by atoms with Gasteiger partial charge in [-0.25, -0.2) is 4.98 Å². The molecule has 7 heteroatoms. The second kappa shape index (κ2) is 8.04. The van der Waals surface area contributed by atoms with Crippen molar-refractivity contribution in [2.45, 2.75) is 6.42 Å². The Hall–Kier alpha value is -2.51. The van der Waals surface area contributed by atoms with E-state index in [1.165, 1.54) is 11.3 Å². The third kappa shape index (κ3) is 4.98. The molecule has 0 atom stereocenters. The highest BCUT2D eigenvalue weighted by Gasteiger charge is 2.09. The van der Waals surface area contributed by atoms with Crippen LogP contribution in [0.3, 0.4) is 0 Å². The second-order valence-electron chi connectivity index (χ2n) is 5.22. The lowest BCUT2D eigenvalue weighted by Crippen LogP contribution is -2.15.